The summed E-state index contributed by atoms with van der Waals surface area (Å²) in [6, 6.07) is 7.43. The van der Waals surface area contributed by atoms with E-state index in [0.717, 1.165) is 11.6 Å². The molecule has 220 valence electrons. The minimum atomic E-state index is -4.19. The number of benzene rings is 1. The van der Waals surface area contributed by atoms with E-state index in [1.165, 1.54) is 12.1 Å². The summed E-state index contributed by atoms with van der Waals surface area (Å²) in [4.78, 5) is 8.49. The van der Waals surface area contributed by atoms with Gasteiger partial charge in [-0.1, -0.05) is 6.07 Å². The average Bonchev–Trinajstić information content (AvgIpc) is 3.29. The zero-order valence-corrected chi connectivity index (χ0v) is 25.0. The van der Waals surface area contributed by atoms with Gasteiger partial charge in [-0.25, -0.2) is 13.9 Å². The zero-order chi connectivity index (χ0) is 29.2. The Kier molecular flexibility index (Phi) is 12.0. The minimum Gasteiger partial charge on any atom is -0.490 e. The fourth-order valence-corrected chi connectivity index (χ4v) is 7.29. The topological polar surface area (TPSA) is 128 Å². The molecule has 0 spiro atoms. The predicted molar refractivity (Wildman–Crippen MR) is 146 cm³/mol. The number of aromatic nitrogens is 2. The van der Waals surface area contributed by atoms with Crippen molar-refractivity contribution < 1.29 is 45.3 Å². The molecule has 0 aliphatic rings. The van der Waals surface area contributed by atoms with E-state index < -0.39 is 27.1 Å². The van der Waals surface area contributed by atoms with Gasteiger partial charge in [0, 0.05) is 24.4 Å². The lowest BCUT2D eigenvalue weighted by Gasteiger charge is -2.29. The maximum absolute atomic E-state index is 15.2. The molecule has 14 heteroatoms. The first kappa shape index (κ1) is 32.1. The van der Waals surface area contributed by atoms with Gasteiger partial charge < -0.3 is 18.2 Å². The Morgan fingerprint density at radius 3 is 2.12 bits per heavy atom. The van der Waals surface area contributed by atoms with Gasteiger partial charge >= 0.3 is 15.4 Å². The standard InChI is InChI=1S/C26H35FN2O9P2/c1-6-33-39(30,34-7-2)26(38-40(31,35-8-3)36-9-4)21-10-11-24(22(27)18-21)32-17-14-23-19(5)37-25(29-23)20-12-15-28-16-13-20/h10-13,15-16,18,26H,6-9,14,17H2,1-5H3. The third-order valence-electron chi connectivity index (χ3n) is 5.37. The molecule has 0 N–H and O–H groups in total. The monoisotopic (exact) mass is 600 g/mol. The quantitative estimate of drug-likeness (QED) is 0.145. The van der Waals surface area contributed by atoms with E-state index in [4.69, 9.17) is 31.8 Å². The average molecular weight is 601 g/mol. The molecule has 40 heavy (non-hydrogen) atoms. The number of hydrogen-bond acceptors (Lipinski definition) is 11. The Morgan fingerprint density at radius 2 is 1.55 bits per heavy atom. The van der Waals surface area contributed by atoms with Crippen molar-refractivity contribution in [1.29, 1.82) is 0 Å². The van der Waals surface area contributed by atoms with Crippen molar-refractivity contribution in [3.05, 3.63) is 65.6 Å². The highest BCUT2D eigenvalue weighted by Gasteiger charge is 2.44. The molecule has 0 fully saturated rings. The maximum Gasteiger partial charge on any atom is 0.475 e. The van der Waals surface area contributed by atoms with Gasteiger partial charge in [0.15, 0.2) is 17.4 Å². The molecule has 1 unspecified atom stereocenters. The number of hydrogen-bond donors (Lipinski definition) is 0. The first-order chi connectivity index (χ1) is 19.2. The second-order valence-corrected chi connectivity index (χ2v) is 11.8. The third-order valence-corrected chi connectivity index (χ3v) is 9.36. The lowest BCUT2D eigenvalue weighted by atomic mass is 10.2. The lowest BCUT2D eigenvalue weighted by Crippen LogP contribution is -2.12. The molecule has 0 saturated carbocycles. The summed E-state index contributed by atoms with van der Waals surface area (Å²) in [6.07, 6.45) is 3.66. The summed E-state index contributed by atoms with van der Waals surface area (Å²) in [6.45, 7) is 8.31. The highest BCUT2D eigenvalue weighted by molar-refractivity contribution is 7.55. The number of oxazole rings is 1. The van der Waals surface area contributed by atoms with Gasteiger partial charge in [-0.15, -0.1) is 0 Å². The zero-order valence-electron chi connectivity index (χ0n) is 23.2. The van der Waals surface area contributed by atoms with Crippen molar-refractivity contribution in [3.8, 4) is 17.2 Å². The molecule has 0 bridgehead atoms. The Hall–Kier alpha value is -2.43. The van der Waals surface area contributed by atoms with Crippen molar-refractivity contribution >= 4 is 15.4 Å². The van der Waals surface area contributed by atoms with E-state index in [-0.39, 0.29) is 44.3 Å². The molecule has 2 heterocycles. The second-order valence-electron chi connectivity index (χ2n) is 8.16. The van der Waals surface area contributed by atoms with Crippen LogP contribution in [-0.4, -0.2) is 43.0 Å². The molecule has 0 saturated heterocycles. The van der Waals surface area contributed by atoms with Gasteiger partial charge in [0.2, 0.25) is 5.89 Å². The van der Waals surface area contributed by atoms with Crippen molar-refractivity contribution in [2.45, 2.75) is 46.9 Å². The van der Waals surface area contributed by atoms with Crippen molar-refractivity contribution in [3.63, 3.8) is 0 Å². The molecule has 0 amide bonds. The van der Waals surface area contributed by atoms with E-state index in [0.29, 0.717) is 23.8 Å². The fourth-order valence-electron chi connectivity index (χ4n) is 3.69. The van der Waals surface area contributed by atoms with Crippen LogP contribution in [0.15, 0.2) is 47.1 Å². The molecule has 0 radical (unpaired) electrons. The van der Waals surface area contributed by atoms with Crippen molar-refractivity contribution in [2.75, 3.05) is 33.0 Å². The lowest BCUT2D eigenvalue weighted by molar-refractivity contribution is 0.0891. The van der Waals surface area contributed by atoms with E-state index >= 15 is 4.39 Å². The second kappa shape index (κ2) is 15.0. The smallest absolute Gasteiger partial charge is 0.475 e. The van der Waals surface area contributed by atoms with Crippen LogP contribution in [-0.2, 0) is 38.2 Å². The molecular formula is C26H35FN2O9P2. The molecule has 0 aliphatic heterocycles. The van der Waals surface area contributed by atoms with Gasteiger partial charge in [-0.3, -0.25) is 23.1 Å². The number of phosphoric ester groups is 1. The number of aryl methyl sites for hydroxylation is 1. The number of halogens is 1. The molecule has 3 aromatic rings. The molecule has 0 aliphatic carbocycles. The van der Waals surface area contributed by atoms with Gasteiger partial charge in [-0.2, -0.15) is 0 Å². The first-order valence-corrected chi connectivity index (χ1v) is 16.0. The van der Waals surface area contributed by atoms with Crippen LogP contribution in [0.2, 0.25) is 0 Å². The summed E-state index contributed by atoms with van der Waals surface area (Å²) in [5.41, 5.74) is 1.51. The Morgan fingerprint density at radius 1 is 0.925 bits per heavy atom. The van der Waals surface area contributed by atoms with Crippen LogP contribution in [0.5, 0.6) is 5.75 Å². The Bertz CT molecular complexity index is 1300. The normalized spacial score (nSPS) is 12.9. The fraction of sp³-hybridized carbons (Fsp3) is 0.462. The maximum atomic E-state index is 15.2. The van der Waals surface area contributed by atoms with E-state index in [9.17, 15) is 9.13 Å². The third kappa shape index (κ3) is 8.30. The number of nitrogens with zero attached hydrogens (tertiary/aromatic N) is 2. The molecule has 3 rings (SSSR count). The minimum absolute atomic E-state index is 0.00126. The van der Waals surface area contributed by atoms with Gasteiger partial charge in [0.25, 0.3) is 0 Å². The van der Waals surface area contributed by atoms with Crippen LogP contribution in [0.3, 0.4) is 0 Å². The number of rotatable bonds is 17. The largest absolute Gasteiger partial charge is 0.490 e. The molecule has 1 aromatic carbocycles. The van der Waals surface area contributed by atoms with Gasteiger partial charge in [0.05, 0.1) is 38.7 Å². The Labute approximate surface area is 233 Å². The van der Waals surface area contributed by atoms with Crippen molar-refractivity contribution in [1.82, 2.24) is 9.97 Å². The van der Waals surface area contributed by atoms with Gasteiger partial charge in [-0.05, 0) is 64.4 Å². The van der Waals surface area contributed by atoms with Crippen LogP contribution in [0.4, 0.5) is 4.39 Å². The predicted octanol–water partition coefficient (Wildman–Crippen LogP) is 7.27. The van der Waals surface area contributed by atoms with Crippen LogP contribution in [0.25, 0.3) is 11.5 Å². The summed E-state index contributed by atoms with van der Waals surface area (Å²) >= 11 is 0. The number of pyridine rings is 1. The number of ether oxygens (including phenoxy) is 1. The summed E-state index contributed by atoms with van der Waals surface area (Å²) in [5.74, 6) is -1.33. The summed E-state index contributed by atoms with van der Waals surface area (Å²) in [7, 11) is -8.30. The van der Waals surface area contributed by atoms with Crippen LogP contribution >= 0.6 is 15.4 Å². The molecular weight excluding hydrogens is 565 g/mol. The van der Waals surface area contributed by atoms with Crippen molar-refractivity contribution in [2.24, 2.45) is 0 Å². The van der Waals surface area contributed by atoms with E-state index in [1.54, 1.807) is 59.1 Å². The molecule has 11 nitrogen and oxygen atoms in total. The van der Waals surface area contributed by atoms with Gasteiger partial charge in [0.1, 0.15) is 5.76 Å². The van der Waals surface area contributed by atoms with Crippen LogP contribution in [0, 0.1) is 12.7 Å². The van der Waals surface area contributed by atoms with E-state index in [1.807, 2.05) is 0 Å². The molecule has 2 aromatic heterocycles. The highest BCUT2D eigenvalue weighted by atomic mass is 31.2. The summed E-state index contributed by atoms with van der Waals surface area (Å²) in [5, 5.41) is 0. The van der Waals surface area contributed by atoms with E-state index in [2.05, 4.69) is 9.97 Å². The molecule has 1 atom stereocenters. The highest BCUT2D eigenvalue weighted by Crippen LogP contribution is 2.67. The summed E-state index contributed by atoms with van der Waals surface area (Å²) < 4.78 is 80.3. The Balaban J connectivity index is 1.80. The first-order valence-electron chi connectivity index (χ1n) is 12.9. The van der Waals surface area contributed by atoms with Crippen LogP contribution < -0.4 is 4.74 Å². The SMILES string of the molecule is CCOP(=O)(OCC)OC(c1ccc(OCCc2nc(-c3ccncc3)oc2C)c(F)c1)P(=O)(OCC)OCC. The number of phosphoric acid groups is 1. The van der Waals surface area contributed by atoms with Crippen LogP contribution in [0.1, 0.15) is 50.6 Å².